The molecular weight excluding hydrogens is 222 g/mol. The van der Waals surface area contributed by atoms with Crippen LogP contribution in [-0.4, -0.2) is 12.6 Å². The van der Waals surface area contributed by atoms with E-state index in [4.69, 9.17) is 10.5 Å². The van der Waals surface area contributed by atoms with Gasteiger partial charge in [-0.15, -0.1) is 0 Å². The molecule has 0 amide bonds. The van der Waals surface area contributed by atoms with Gasteiger partial charge in [0, 0.05) is 18.5 Å². The average Bonchev–Trinajstić information content (AvgIpc) is 2.82. The maximum absolute atomic E-state index is 5.95. The largest absolute Gasteiger partial charge is 0.488 e. The second kappa shape index (κ2) is 4.46. The maximum Gasteiger partial charge on any atom is 0.130 e. The highest BCUT2D eigenvalue weighted by Crippen LogP contribution is 2.38. The molecule has 1 aliphatic rings. The van der Waals surface area contributed by atoms with E-state index in [1.165, 1.54) is 22.3 Å². The second-order valence-corrected chi connectivity index (χ2v) is 4.84. The van der Waals surface area contributed by atoms with Gasteiger partial charge in [0.15, 0.2) is 0 Å². The fourth-order valence-corrected chi connectivity index (χ4v) is 2.43. The number of nitrogens with two attached hydrogens (primary N) is 1. The number of ether oxygens (including phenoxy) is 1. The van der Waals surface area contributed by atoms with Gasteiger partial charge < -0.3 is 10.5 Å². The molecule has 1 aliphatic heterocycles. The summed E-state index contributed by atoms with van der Waals surface area (Å²) < 4.78 is 5.95. The van der Waals surface area contributed by atoms with Crippen molar-refractivity contribution in [2.75, 3.05) is 6.54 Å². The van der Waals surface area contributed by atoms with E-state index in [1.807, 2.05) is 0 Å². The lowest BCUT2D eigenvalue weighted by atomic mass is 10.00. The summed E-state index contributed by atoms with van der Waals surface area (Å²) in [5, 5.41) is 0. The molecule has 2 aromatic carbocycles. The minimum absolute atomic E-state index is 0.131. The molecule has 1 atom stereocenters. The van der Waals surface area contributed by atoms with E-state index in [1.54, 1.807) is 0 Å². The van der Waals surface area contributed by atoms with Crippen molar-refractivity contribution in [2.24, 2.45) is 5.73 Å². The van der Waals surface area contributed by atoms with Crippen molar-refractivity contribution in [1.82, 2.24) is 0 Å². The first-order valence-corrected chi connectivity index (χ1v) is 6.33. The van der Waals surface area contributed by atoms with Crippen molar-refractivity contribution in [3.05, 3.63) is 53.6 Å². The van der Waals surface area contributed by atoms with Gasteiger partial charge >= 0.3 is 0 Å². The van der Waals surface area contributed by atoms with E-state index in [0.717, 1.165) is 12.2 Å². The van der Waals surface area contributed by atoms with E-state index in [2.05, 4.69) is 49.4 Å². The summed E-state index contributed by atoms with van der Waals surface area (Å²) in [6.07, 6.45) is 1.05. The summed E-state index contributed by atoms with van der Waals surface area (Å²) in [6.45, 7) is 2.67. The molecule has 2 aromatic rings. The monoisotopic (exact) mass is 239 g/mol. The molecule has 0 saturated carbocycles. The summed E-state index contributed by atoms with van der Waals surface area (Å²) in [5.41, 5.74) is 10.6. The average molecular weight is 239 g/mol. The summed E-state index contributed by atoms with van der Waals surface area (Å²) in [4.78, 5) is 0. The van der Waals surface area contributed by atoms with Crippen LogP contribution in [0.5, 0.6) is 5.75 Å². The Hall–Kier alpha value is -1.80. The van der Waals surface area contributed by atoms with Gasteiger partial charge in [-0.05, 0) is 18.1 Å². The first-order valence-electron chi connectivity index (χ1n) is 6.33. The molecule has 0 aliphatic carbocycles. The second-order valence-electron chi connectivity index (χ2n) is 4.84. The maximum atomic E-state index is 5.95. The molecule has 2 heteroatoms. The molecule has 3 rings (SSSR count). The van der Waals surface area contributed by atoms with Crippen molar-refractivity contribution < 1.29 is 4.74 Å². The number of fused-ring (bicyclic) bond motifs is 1. The number of hydrogen-bond acceptors (Lipinski definition) is 2. The molecule has 0 radical (unpaired) electrons. The van der Waals surface area contributed by atoms with Gasteiger partial charge in [-0.2, -0.15) is 0 Å². The molecule has 2 nitrogen and oxygen atoms in total. The lowest BCUT2D eigenvalue weighted by molar-refractivity contribution is 0.242. The number of benzene rings is 2. The van der Waals surface area contributed by atoms with E-state index < -0.39 is 0 Å². The first-order chi connectivity index (χ1) is 8.78. The summed E-state index contributed by atoms with van der Waals surface area (Å²) in [6, 6.07) is 14.9. The van der Waals surface area contributed by atoms with Crippen LogP contribution in [0.1, 0.15) is 11.1 Å². The molecule has 0 bridgehead atoms. The van der Waals surface area contributed by atoms with E-state index >= 15 is 0 Å². The Labute approximate surface area is 107 Å². The van der Waals surface area contributed by atoms with Crippen molar-refractivity contribution in [3.63, 3.8) is 0 Å². The van der Waals surface area contributed by atoms with Gasteiger partial charge in [-0.1, -0.05) is 48.0 Å². The van der Waals surface area contributed by atoms with Crippen LogP contribution in [0.2, 0.25) is 0 Å². The molecular formula is C16H17NO. The van der Waals surface area contributed by atoms with Crippen molar-refractivity contribution >= 4 is 0 Å². The zero-order chi connectivity index (χ0) is 12.5. The zero-order valence-corrected chi connectivity index (χ0v) is 10.5. The minimum atomic E-state index is 0.131. The predicted octanol–water partition coefficient (Wildman–Crippen LogP) is 2.92. The number of hydrogen-bond donors (Lipinski definition) is 1. The minimum Gasteiger partial charge on any atom is -0.488 e. The van der Waals surface area contributed by atoms with Gasteiger partial charge in [0.1, 0.15) is 11.9 Å². The predicted molar refractivity (Wildman–Crippen MR) is 73.8 cm³/mol. The standard InChI is InChI=1S/C16H17NO/c1-11-5-7-12(8-6-11)15-4-2-3-13-9-14(10-17)18-16(13)15/h2-8,14H,9-10,17H2,1H3/t14-/m1/s1. The lowest BCUT2D eigenvalue weighted by Crippen LogP contribution is -2.24. The highest BCUT2D eigenvalue weighted by Gasteiger charge is 2.24. The number of para-hydroxylation sites is 1. The van der Waals surface area contributed by atoms with Crippen LogP contribution in [0.15, 0.2) is 42.5 Å². The molecule has 2 N–H and O–H groups in total. The van der Waals surface area contributed by atoms with Crippen LogP contribution >= 0.6 is 0 Å². The van der Waals surface area contributed by atoms with Gasteiger partial charge in [0.25, 0.3) is 0 Å². The fourth-order valence-electron chi connectivity index (χ4n) is 2.43. The lowest BCUT2D eigenvalue weighted by Gasteiger charge is -2.11. The zero-order valence-electron chi connectivity index (χ0n) is 10.5. The molecule has 92 valence electrons. The van der Waals surface area contributed by atoms with Crippen molar-refractivity contribution in [1.29, 1.82) is 0 Å². The highest BCUT2D eigenvalue weighted by atomic mass is 16.5. The van der Waals surface area contributed by atoms with Gasteiger partial charge in [0.05, 0.1) is 0 Å². The molecule has 18 heavy (non-hydrogen) atoms. The molecule has 0 saturated heterocycles. The summed E-state index contributed by atoms with van der Waals surface area (Å²) >= 11 is 0. The third-order valence-electron chi connectivity index (χ3n) is 3.45. The van der Waals surface area contributed by atoms with E-state index in [0.29, 0.717) is 6.54 Å². The smallest absolute Gasteiger partial charge is 0.130 e. The number of aryl methyl sites for hydroxylation is 1. The van der Waals surface area contributed by atoms with Gasteiger partial charge in [0.2, 0.25) is 0 Å². The molecule has 0 aromatic heterocycles. The summed E-state index contributed by atoms with van der Waals surface area (Å²) in [5.74, 6) is 1.01. The Bertz CT molecular complexity index is 560. The molecule has 0 spiro atoms. The van der Waals surface area contributed by atoms with E-state index in [-0.39, 0.29) is 6.10 Å². The third kappa shape index (κ3) is 1.89. The fraction of sp³-hybridized carbons (Fsp3) is 0.250. The molecule has 0 unspecified atom stereocenters. The molecule has 0 fully saturated rings. The normalized spacial score (nSPS) is 17.3. The van der Waals surface area contributed by atoms with Crippen LogP contribution in [0, 0.1) is 6.92 Å². The van der Waals surface area contributed by atoms with E-state index in [9.17, 15) is 0 Å². The van der Waals surface area contributed by atoms with Crippen molar-refractivity contribution in [3.8, 4) is 16.9 Å². The SMILES string of the molecule is Cc1ccc(-c2cccc3c2O[C@@H](CN)C3)cc1. The van der Waals surface area contributed by atoms with Crippen LogP contribution in [0.3, 0.4) is 0 Å². The van der Waals surface area contributed by atoms with Crippen LogP contribution < -0.4 is 10.5 Å². The highest BCUT2D eigenvalue weighted by molar-refractivity contribution is 5.73. The first kappa shape index (κ1) is 11.3. The molecule has 1 heterocycles. The van der Waals surface area contributed by atoms with Gasteiger partial charge in [-0.25, -0.2) is 0 Å². The quantitative estimate of drug-likeness (QED) is 0.874. The Morgan fingerprint density at radius 1 is 1.17 bits per heavy atom. The number of rotatable bonds is 2. The summed E-state index contributed by atoms with van der Waals surface area (Å²) in [7, 11) is 0. The van der Waals surface area contributed by atoms with Crippen molar-refractivity contribution in [2.45, 2.75) is 19.4 Å². The third-order valence-corrected chi connectivity index (χ3v) is 3.45. The Balaban J connectivity index is 2.05. The van der Waals surface area contributed by atoms with Crippen LogP contribution in [0.25, 0.3) is 11.1 Å². The van der Waals surface area contributed by atoms with Crippen LogP contribution in [-0.2, 0) is 6.42 Å². The van der Waals surface area contributed by atoms with Crippen LogP contribution in [0.4, 0.5) is 0 Å². The van der Waals surface area contributed by atoms with Gasteiger partial charge in [-0.3, -0.25) is 0 Å². The Morgan fingerprint density at radius 2 is 1.94 bits per heavy atom. The topological polar surface area (TPSA) is 35.2 Å². The Kier molecular flexibility index (Phi) is 2.80. The Morgan fingerprint density at radius 3 is 2.67 bits per heavy atom.